The van der Waals surface area contributed by atoms with Gasteiger partial charge in [0, 0.05) is 38.8 Å². The van der Waals surface area contributed by atoms with Crippen molar-refractivity contribution in [2.75, 3.05) is 39.3 Å². The largest absolute Gasteiger partial charge is 0.329 e. The van der Waals surface area contributed by atoms with Gasteiger partial charge in [-0.05, 0) is 19.9 Å². The van der Waals surface area contributed by atoms with Crippen molar-refractivity contribution in [3.63, 3.8) is 0 Å². The molecule has 0 aromatic carbocycles. The Kier molecular flexibility index (Phi) is 7.01. The maximum Gasteiger partial charge on any atom is 0.0191 e. The molecule has 1 aliphatic heterocycles. The van der Waals surface area contributed by atoms with Gasteiger partial charge in [0.2, 0.25) is 0 Å². The van der Waals surface area contributed by atoms with E-state index in [1.54, 1.807) is 0 Å². The maximum absolute atomic E-state index is 5.70. The van der Waals surface area contributed by atoms with Crippen LogP contribution in [0.15, 0.2) is 0 Å². The molecule has 1 atom stereocenters. The Labute approximate surface area is 101 Å². The Morgan fingerprint density at radius 1 is 1.06 bits per heavy atom. The van der Waals surface area contributed by atoms with Crippen LogP contribution in [0.25, 0.3) is 0 Å². The van der Waals surface area contributed by atoms with Gasteiger partial charge in [-0.15, -0.1) is 0 Å². The third-order valence-electron chi connectivity index (χ3n) is 3.70. The molecule has 1 aliphatic rings. The SMILES string of the molecule is CCCCCCN1CCN(C(C)CN)CC1. The summed E-state index contributed by atoms with van der Waals surface area (Å²) in [7, 11) is 0. The molecule has 16 heavy (non-hydrogen) atoms. The molecule has 1 unspecified atom stereocenters. The second-order valence-electron chi connectivity index (χ2n) is 5.02. The summed E-state index contributed by atoms with van der Waals surface area (Å²) < 4.78 is 0. The molecule has 0 amide bonds. The van der Waals surface area contributed by atoms with Gasteiger partial charge >= 0.3 is 0 Å². The van der Waals surface area contributed by atoms with Crippen molar-refractivity contribution in [2.24, 2.45) is 5.73 Å². The first-order chi connectivity index (χ1) is 7.77. The third-order valence-corrected chi connectivity index (χ3v) is 3.70. The average molecular weight is 227 g/mol. The molecule has 2 N–H and O–H groups in total. The smallest absolute Gasteiger partial charge is 0.0191 e. The lowest BCUT2D eigenvalue weighted by atomic mass is 10.2. The van der Waals surface area contributed by atoms with Gasteiger partial charge in [0.1, 0.15) is 0 Å². The zero-order chi connectivity index (χ0) is 11.8. The minimum atomic E-state index is 0.558. The summed E-state index contributed by atoms with van der Waals surface area (Å²) >= 11 is 0. The van der Waals surface area contributed by atoms with Crippen LogP contribution in [-0.2, 0) is 0 Å². The Morgan fingerprint density at radius 3 is 2.31 bits per heavy atom. The van der Waals surface area contributed by atoms with E-state index in [2.05, 4.69) is 23.6 Å². The standard InChI is InChI=1S/C13H29N3/c1-3-4-5-6-7-15-8-10-16(11-9-15)13(2)12-14/h13H,3-12,14H2,1-2H3. The summed E-state index contributed by atoms with van der Waals surface area (Å²) in [6.45, 7) is 11.5. The fraction of sp³-hybridized carbons (Fsp3) is 1.00. The monoisotopic (exact) mass is 227 g/mol. The molecule has 0 saturated carbocycles. The lowest BCUT2D eigenvalue weighted by molar-refractivity contribution is 0.104. The molecule has 3 heteroatoms. The third kappa shape index (κ3) is 4.81. The van der Waals surface area contributed by atoms with Crippen molar-refractivity contribution in [1.82, 2.24) is 9.80 Å². The van der Waals surface area contributed by atoms with E-state index in [-0.39, 0.29) is 0 Å². The summed E-state index contributed by atoms with van der Waals surface area (Å²) in [5.41, 5.74) is 5.70. The maximum atomic E-state index is 5.70. The molecule has 0 aromatic heterocycles. The van der Waals surface area contributed by atoms with Crippen LogP contribution in [-0.4, -0.2) is 55.1 Å². The van der Waals surface area contributed by atoms with Gasteiger partial charge in [0.15, 0.2) is 0 Å². The van der Waals surface area contributed by atoms with Crippen molar-refractivity contribution in [1.29, 1.82) is 0 Å². The van der Waals surface area contributed by atoms with E-state index in [0.717, 1.165) is 6.54 Å². The number of nitrogens with two attached hydrogens (primary N) is 1. The van der Waals surface area contributed by atoms with E-state index < -0.39 is 0 Å². The highest BCUT2D eigenvalue weighted by Crippen LogP contribution is 2.07. The van der Waals surface area contributed by atoms with Gasteiger partial charge in [-0.1, -0.05) is 26.2 Å². The zero-order valence-electron chi connectivity index (χ0n) is 11.1. The molecule has 0 aliphatic carbocycles. The topological polar surface area (TPSA) is 32.5 Å². The van der Waals surface area contributed by atoms with Crippen molar-refractivity contribution >= 4 is 0 Å². The highest BCUT2D eigenvalue weighted by molar-refractivity contribution is 4.76. The fourth-order valence-electron chi connectivity index (χ4n) is 2.34. The molecule has 0 bridgehead atoms. The van der Waals surface area contributed by atoms with E-state index >= 15 is 0 Å². The van der Waals surface area contributed by atoms with Gasteiger partial charge in [0.05, 0.1) is 0 Å². The zero-order valence-corrected chi connectivity index (χ0v) is 11.1. The van der Waals surface area contributed by atoms with Crippen molar-refractivity contribution in [3.8, 4) is 0 Å². The van der Waals surface area contributed by atoms with Gasteiger partial charge in [-0.25, -0.2) is 0 Å². The molecule has 0 aromatic rings. The molecule has 1 fully saturated rings. The quantitative estimate of drug-likeness (QED) is 0.670. The summed E-state index contributed by atoms with van der Waals surface area (Å²) in [6, 6.07) is 0.558. The van der Waals surface area contributed by atoms with Crippen LogP contribution in [0.4, 0.5) is 0 Å². The number of piperazine rings is 1. The molecule has 1 rings (SSSR count). The van der Waals surface area contributed by atoms with Crippen molar-refractivity contribution in [3.05, 3.63) is 0 Å². The molecule has 3 nitrogen and oxygen atoms in total. The van der Waals surface area contributed by atoms with Crippen LogP contribution in [0, 0.1) is 0 Å². The van der Waals surface area contributed by atoms with E-state index in [4.69, 9.17) is 5.73 Å². The van der Waals surface area contributed by atoms with E-state index in [9.17, 15) is 0 Å². The Balaban J connectivity index is 2.07. The fourth-order valence-corrected chi connectivity index (χ4v) is 2.34. The number of hydrogen-bond acceptors (Lipinski definition) is 3. The second kappa shape index (κ2) is 8.04. The molecular weight excluding hydrogens is 198 g/mol. The minimum Gasteiger partial charge on any atom is -0.329 e. The second-order valence-corrected chi connectivity index (χ2v) is 5.02. The highest BCUT2D eigenvalue weighted by Gasteiger charge is 2.19. The summed E-state index contributed by atoms with van der Waals surface area (Å²) in [4.78, 5) is 5.12. The summed E-state index contributed by atoms with van der Waals surface area (Å²) in [5, 5.41) is 0. The average Bonchev–Trinajstić information content (AvgIpc) is 2.34. The number of unbranched alkanes of at least 4 members (excludes halogenated alkanes) is 3. The number of rotatable bonds is 7. The first-order valence-corrected chi connectivity index (χ1v) is 6.94. The predicted molar refractivity (Wildman–Crippen MR) is 70.7 cm³/mol. The molecule has 0 spiro atoms. The highest BCUT2D eigenvalue weighted by atomic mass is 15.3. The number of nitrogens with zero attached hydrogens (tertiary/aromatic N) is 2. The molecule has 96 valence electrons. The van der Waals surface area contributed by atoms with Crippen LogP contribution in [0.5, 0.6) is 0 Å². The lowest BCUT2D eigenvalue weighted by Gasteiger charge is -2.37. The van der Waals surface area contributed by atoms with Crippen LogP contribution >= 0.6 is 0 Å². The number of hydrogen-bond donors (Lipinski definition) is 1. The molecule has 1 heterocycles. The molecule has 1 saturated heterocycles. The summed E-state index contributed by atoms with van der Waals surface area (Å²) in [6.07, 6.45) is 5.50. The first-order valence-electron chi connectivity index (χ1n) is 6.94. The van der Waals surface area contributed by atoms with Crippen LogP contribution in [0.3, 0.4) is 0 Å². The van der Waals surface area contributed by atoms with Gasteiger partial charge < -0.3 is 10.6 Å². The predicted octanol–water partition coefficient (Wildman–Crippen LogP) is 1.53. The minimum absolute atomic E-state index is 0.558. The lowest BCUT2D eigenvalue weighted by Crippen LogP contribution is -2.51. The van der Waals surface area contributed by atoms with Crippen LogP contribution in [0.1, 0.15) is 39.5 Å². The first kappa shape index (κ1) is 13.9. The Bertz CT molecular complexity index is 165. The van der Waals surface area contributed by atoms with E-state index in [1.165, 1.54) is 58.4 Å². The van der Waals surface area contributed by atoms with Crippen molar-refractivity contribution in [2.45, 2.75) is 45.6 Å². The van der Waals surface area contributed by atoms with E-state index in [1.807, 2.05) is 0 Å². The normalized spacial score (nSPS) is 21.2. The molecule has 0 radical (unpaired) electrons. The van der Waals surface area contributed by atoms with Gasteiger partial charge in [-0.3, -0.25) is 4.90 Å². The van der Waals surface area contributed by atoms with Gasteiger partial charge in [0.25, 0.3) is 0 Å². The Hall–Kier alpha value is -0.120. The van der Waals surface area contributed by atoms with Gasteiger partial charge in [-0.2, -0.15) is 0 Å². The van der Waals surface area contributed by atoms with Crippen molar-refractivity contribution < 1.29 is 0 Å². The van der Waals surface area contributed by atoms with Crippen LogP contribution in [0.2, 0.25) is 0 Å². The Morgan fingerprint density at radius 2 is 1.75 bits per heavy atom. The molecular formula is C13H29N3. The summed E-state index contributed by atoms with van der Waals surface area (Å²) in [5.74, 6) is 0. The van der Waals surface area contributed by atoms with E-state index in [0.29, 0.717) is 6.04 Å². The van der Waals surface area contributed by atoms with Crippen LogP contribution < -0.4 is 5.73 Å².